The average molecular weight is 1250 g/mol. The lowest BCUT2D eigenvalue weighted by Crippen LogP contribution is -2.64. The van der Waals surface area contributed by atoms with Crippen LogP contribution in [0.25, 0.3) is 0 Å². The maximum atomic E-state index is 7.38. The van der Waals surface area contributed by atoms with E-state index in [1.165, 1.54) is 44.1 Å². The molecule has 8 heteroatoms. The first-order valence-corrected chi connectivity index (χ1v) is 34.1. The predicted molar refractivity (Wildman–Crippen MR) is 410 cm³/mol. The van der Waals surface area contributed by atoms with Crippen LogP contribution in [-0.2, 0) is 21.7 Å². The van der Waals surface area contributed by atoms with Crippen LogP contribution in [-0.4, -0.2) is 13.4 Å². The van der Waals surface area contributed by atoms with Crippen molar-refractivity contribution in [3.63, 3.8) is 0 Å². The zero-order valence-electron chi connectivity index (χ0n) is 57.3. The van der Waals surface area contributed by atoms with E-state index in [1.807, 2.05) is 0 Å². The zero-order chi connectivity index (χ0) is 66.2. The molecule has 96 heavy (non-hydrogen) atoms. The van der Waals surface area contributed by atoms with Crippen LogP contribution >= 0.6 is 0 Å². The second-order valence-electron chi connectivity index (χ2n) is 30.7. The van der Waals surface area contributed by atoms with Crippen molar-refractivity contribution >= 4 is 132 Å². The molecule has 0 fully saturated rings. The molecule has 4 aliphatic heterocycles. The Bertz CT molecular complexity index is 4830. The fourth-order valence-electron chi connectivity index (χ4n) is 15.3. The summed E-state index contributed by atoms with van der Waals surface area (Å²) in [5.74, 6) is 1.71. The van der Waals surface area contributed by atoms with E-state index in [4.69, 9.17) is 4.74 Å². The first kappa shape index (κ1) is 60.5. The number of fused-ring (bicyclic) bond motifs is 8. The Balaban J connectivity index is 0.984. The molecule has 0 amide bonds. The number of nitrogens with zero attached hydrogens (tertiary/aromatic N) is 5. The van der Waals surface area contributed by atoms with Gasteiger partial charge in [-0.2, -0.15) is 0 Å². The Labute approximate surface area is 568 Å². The maximum Gasteiger partial charge on any atom is 0.256 e. The first-order chi connectivity index (χ1) is 46.2. The molecule has 6 nitrogen and oxygen atoms in total. The van der Waals surface area contributed by atoms with E-state index < -0.39 is 0 Å². The Morgan fingerprint density at radius 1 is 0.250 bits per heavy atom. The van der Waals surface area contributed by atoms with E-state index in [0.29, 0.717) is 0 Å². The smallest absolute Gasteiger partial charge is 0.256 e. The molecule has 12 aromatic carbocycles. The molecular weight excluding hydrogens is 1160 g/mol. The highest BCUT2D eigenvalue weighted by Crippen LogP contribution is 2.52. The minimum atomic E-state index is -0.184. The highest BCUT2D eigenvalue weighted by molar-refractivity contribution is 7.02. The SMILES string of the molecule is CC(C)(C)c1ccc(N(c2ccc(C(C)(C)C)cc2)c2cc3c4c(c2)N(c2ccccc2)c2cc5c(cc2B4c2ccccc2O3)B2c3ccccc3N(c3ccccc3)c3cc(N(c4ccc(C(C)(C)C)cc4)c4ccc(C(C)(C)C)cc4)cc(c32)N5c2ccccc2)cc1. The van der Waals surface area contributed by atoms with Crippen LogP contribution in [0.3, 0.4) is 0 Å². The van der Waals surface area contributed by atoms with E-state index in [2.05, 4.69) is 381 Å². The number of ether oxygens (including phenoxy) is 1. The number of hydrogen-bond acceptors (Lipinski definition) is 6. The van der Waals surface area contributed by atoms with E-state index in [1.54, 1.807) is 0 Å². The first-order valence-electron chi connectivity index (χ1n) is 34.1. The summed E-state index contributed by atoms with van der Waals surface area (Å²) in [6.07, 6.45) is 0. The fraction of sp³-hybridized carbons (Fsp3) is 0.182. The predicted octanol–water partition coefficient (Wildman–Crippen LogP) is 20.3. The lowest BCUT2D eigenvalue weighted by Gasteiger charge is -2.46. The number of para-hydroxylation sites is 5. The Hall–Kier alpha value is -10.4. The lowest BCUT2D eigenvalue weighted by atomic mass is 9.30. The van der Waals surface area contributed by atoms with Crippen LogP contribution in [0.5, 0.6) is 11.5 Å². The fourth-order valence-corrected chi connectivity index (χ4v) is 15.3. The summed E-state index contributed by atoms with van der Waals surface area (Å²) in [6, 6.07) is 103. The third-order valence-electron chi connectivity index (χ3n) is 20.3. The Morgan fingerprint density at radius 2 is 0.573 bits per heavy atom. The van der Waals surface area contributed by atoms with E-state index >= 15 is 0 Å². The molecule has 0 bridgehead atoms. The summed E-state index contributed by atoms with van der Waals surface area (Å²) >= 11 is 0. The molecule has 470 valence electrons. The molecule has 0 unspecified atom stereocenters. The molecular formula is C88H81B2N5O. The van der Waals surface area contributed by atoms with Crippen LogP contribution in [0.15, 0.2) is 273 Å². The molecule has 0 saturated heterocycles. The van der Waals surface area contributed by atoms with Gasteiger partial charge >= 0.3 is 0 Å². The van der Waals surface area contributed by atoms with Gasteiger partial charge in [0, 0.05) is 80.0 Å². The molecule has 4 aliphatic rings. The minimum absolute atomic E-state index is 0.0173. The summed E-state index contributed by atoms with van der Waals surface area (Å²) in [7, 11) is 0. The number of rotatable bonds is 9. The molecule has 0 radical (unpaired) electrons. The maximum absolute atomic E-state index is 7.38. The van der Waals surface area contributed by atoms with Gasteiger partial charge in [0.15, 0.2) is 0 Å². The van der Waals surface area contributed by atoms with E-state index in [-0.39, 0.29) is 35.1 Å². The van der Waals surface area contributed by atoms with Crippen molar-refractivity contribution in [3.05, 3.63) is 295 Å². The summed E-state index contributed by atoms with van der Waals surface area (Å²) in [6.45, 7) is 27.1. The molecule has 0 spiro atoms. The van der Waals surface area contributed by atoms with Gasteiger partial charge in [-0.05, 0) is 198 Å². The Kier molecular flexibility index (Phi) is 14.3. The van der Waals surface area contributed by atoms with Gasteiger partial charge in [-0.25, -0.2) is 0 Å². The summed E-state index contributed by atoms with van der Waals surface area (Å²) < 4.78 is 7.38. The molecule has 0 saturated carbocycles. The van der Waals surface area contributed by atoms with Gasteiger partial charge < -0.3 is 29.2 Å². The number of anilines is 15. The zero-order valence-corrected chi connectivity index (χ0v) is 57.3. The third-order valence-corrected chi connectivity index (χ3v) is 20.3. The summed E-state index contributed by atoms with van der Waals surface area (Å²) in [5, 5.41) is 0. The average Bonchev–Trinajstić information content (AvgIpc) is 0.687. The van der Waals surface area contributed by atoms with Crippen molar-refractivity contribution in [2.24, 2.45) is 0 Å². The number of benzene rings is 12. The normalized spacial score (nSPS) is 13.6. The van der Waals surface area contributed by atoms with E-state index in [9.17, 15) is 0 Å². The molecule has 0 aliphatic carbocycles. The quantitative estimate of drug-likeness (QED) is 0.134. The van der Waals surface area contributed by atoms with Crippen molar-refractivity contribution in [2.75, 3.05) is 24.5 Å². The van der Waals surface area contributed by atoms with Crippen LogP contribution in [0, 0.1) is 0 Å². The van der Waals surface area contributed by atoms with Crippen molar-refractivity contribution in [1.29, 1.82) is 0 Å². The second-order valence-corrected chi connectivity index (χ2v) is 30.7. The van der Waals surface area contributed by atoms with Crippen LogP contribution in [0.4, 0.5) is 85.3 Å². The largest absolute Gasteiger partial charge is 0.458 e. The monoisotopic (exact) mass is 1250 g/mol. The van der Waals surface area contributed by atoms with Crippen molar-refractivity contribution < 1.29 is 4.74 Å². The van der Waals surface area contributed by atoms with Crippen LogP contribution in [0.1, 0.15) is 105 Å². The van der Waals surface area contributed by atoms with Gasteiger partial charge in [0.05, 0.1) is 11.4 Å². The van der Waals surface area contributed by atoms with Crippen molar-refractivity contribution in [3.8, 4) is 11.5 Å². The molecule has 0 aromatic heterocycles. The minimum Gasteiger partial charge on any atom is -0.458 e. The van der Waals surface area contributed by atoms with Crippen molar-refractivity contribution in [2.45, 2.75) is 105 Å². The van der Waals surface area contributed by atoms with Crippen LogP contribution in [0.2, 0.25) is 0 Å². The topological polar surface area (TPSA) is 25.4 Å². The van der Waals surface area contributed by atoms with E-state index in [0.717, 1.165) is 108 Å². The van der Waals surface area contributed by atoms with Gasteiger partial charge in [-0.3, -0.25) is 0 Å². The van der Waals surface area contributed by atoms with Gasteiger partial charge in [0.2, 0.25) is 0 Å². The van der Waals surface area contributed by atoms with Gasteiger partial charge in [0.25, 0.3) is 13.4 Å². The molecule has 16 rings (SSSR count). The summed E-state index contributed by atoms with van der Waals surface area (Å²) in [4.78, 5) is 12.5. The van der Waals surface area contributed by atoms with Crippen LogP contribution < -0.4 is 62.0 Å². The second kappa shape index (κ2) is 22.6. The molecule has 0 N–H and O–H groups in total. The standard InChI is InChI=1S/C88H81B2N5O/c1-85(2,3)58-36-44-65(45-37-58)91(66-46-38-59(39-47-66)86(4,5)6)69-52-78-83-79(53-69)94(63-28-18-14-19-29-63)76-57-77-74(56-73(76)89(83)71-32-22-24-34-75(71)93(78)62-26-16-13-17-27-62)90-72-33-23-25-35-81(72)96-82-55-70(54-80(84(82)90)95(77)64-30-20-15-21-31-64)92(67-48-40-60(41-49-67)87(7,8)9)68-50-42-61(43-51-68)88(10,11)12/h13-57H,1-12H3. The van der Waals surface area contributed by atoms with Gasteiger partial charge in [-0.1, -0.05) is 229 Å². The molecule has 0 atom stereocenters. The molecule has 4 heterocycles. The Morgan fingerprint density at radius 3 is 0.969 bits per heavy atom. The van der Waals surface area contributed by atoms with Gasteiger partial charge in [0.1, 0.15) is 11.5 Å². The highest BCUT2D eigenvalue weighted by atomic mass is 16.5. The third kappa shape index (κ3) is 10.3. The number of hydrogen-bond donors (Lipinski definition) is 0. The summed E-state index contributed by atoms with van der Waals surface area (Å²) in [5.41, 5.74) is 28.7. The lowest BCUT2D eigenvalue weighted by molar-refractivity contribution is 0.487. The van der Waals surface area contributed by atoms with Gasteiger partial charge in [-0.15, -0.1) is 0 Å². The molecule has 12 aromatic rings. The van der Waals surface area contributed by atoms with Crippen molar-refractivity contribution in [1.82, 2.24) is 0 Å². The highest BCUT2D eigenvalue weighted by Gasteiger charge is 2.48.